The fourth-order valence-corrected chi connectivity index (χ4v) is 2.78. The lowest BCUT2D eigenvalue weighted by Crippen LogP contribution is -2.24. The van der Waals surface area contributed by atoms with Gasteiger partial charge in [0.1, 0.15) is 33.7 Å². The zero-order valence-corrected chi connectivity index (χ0v) is 16.9. The lowest BCUT2D eigenvalue weighted by molar-refractivity contribution is 0.156. The van der Waals surface area contributed by atoms with Crippen LogP contribution in [0.5, 0.6) is 23.0 Å². The molecule has 0 aliphatic carbocycles. The van der Waals surface area contributed by atoms with E-state index in [2.05, 4.69) is 13.2 Å². The zero-order valence-electron chi connectivity index (χ0n) is 16.9. The lowest BCUT2D eigenvalue weighted by atomic mass is 10.1. The molecule has 6 heteroatoms. The summed E-state index contributed by atoms with van der Waals surface area (Å²) < 4.78 is 17.3. The maximum atomic E-state index is 12.9. The van der Waals surface area contributed by atoms with Crippen LogP contribution in [-0.2, 0) is 0 Å². The summed E-state index contributed by atoms with van der Waals surface area (Å²) in [5.41, 5.74) is -1.88. The van der Waals surface area contributed by atoms with Crippen LogP contribution < -0.4 is 14.9 Å². The van der Waals surface area contributed by atoms with E-state index in [4.69, 9.17) is 13.9 Å². The molecule has 0 spiro atoms. The van der Waals surface area contributed by atoms with E-state index in [1.165, 1.54) is 24.3 Å². The SMILES string of the molecule is C=CC(C)(C)Oc1cc(O)c2c(=O)c3ccc(OC(C)(C)C=C)c(O)c3oc2c1. The van der Waals surface area contributed by atoms with Crippen LogP contribution in [0.4, 0.5) is 0 Å². The molecule has 0 saturated heterocycles. The third-order valence-electron chi connectivity index (χ3n) is 4.57. The number of benzene rings is 2. The normalized spacial score (nSPS) is 12.1. The number of aromatic hydroxyl groups is 2. The molecule has 6 nitrogen and oxygen atoms in total. The molecular weight excluding hydrogens is 372 g/mol. The first kappa shape index (κ1) is 20.3. The molecule has 3 aromatic rings. The smallest absolute Gasteiger partial charge is 0.204 e. The second kappa shape index (κ2) is 6.88. The van der Waals surface area contributed by atoms with Gasteiger partial charge >= 0.3 is 0 Å². The van der Waals surface area contributed by atoms with Crippen LogP contribution in [-0.4, -0.2) is 21.4 Å². The molecular formula is C23H24O6. The molecule has 1 heterocycles. The Balaban J connectivity index is 2.25. The van der Waals surface area contributed by atoms with Crippen molar-refractivity contribution < 1.29 is 24.1 Å². The summed E-state index contributed by atoms with van der Waals surface area (Å²) in [5, 5.41) is 21.2. The standard InChI is InChI=1S/C23H24O6/c1-7-22(3,4)28-13-11-15(24)18-17(12-13)27-21-14(19(18)25)9-10-16(20(21)26)29-23(5,6)8-2/h7-12,24,26H,1-2H2,3-6H3. The molecule has 0 amide bonds. The summed E-state index contributed by atoms with van der Waals surface area (Å²) in [6.45, 7) is 14.6. The predicted octanol–water partition coefficient (Wildman–Crippen LogP) is 5.04. The second-order valence-corrected chi connectivity index (χ2v) is 7.85. The second-order valence-electron chi connectivity index (χ2n) is 7.85. The summed E-state index contributed by atoms with van der Waals surface area (Å²) in [5.74, 6) is -0.148. The summed E-state index contributed by atoms with van der Waals surface area (Å²) in [7, 11) is 0. The average molecular weight is 396 g/mol. The molecule has 3 rings (SSSR count). The Kier molecular flexibility index (Phi) is 4.82. The minimum absolute atomic E-state index is 0.000693. The van der Waals surface area contributed by atoms with Crippen LogP contribution in [0, 0.1) is 0 Å². The number of ether oxygens (including phenoxy) is 2. The molecule has 0 atom stereocenters. The quantitative estimate of drug-likeness (QED) is 0.448. The molecule has 2 N–H and O–H groups in total. The van der Waals surface area contributed by atoms with Gasteiger partial charge in [-0.1, -0.05) is 13.2 Å². The Labute approximate surface area is 168 Å². The van der Waals surface area contributed by atoms with Crippen molar-refractivity contribution in [3.05, 3.63) is 59.8 Å². The van der Waals surface area contributed by atoms with E-state index in [0.29, 0.717) is 5.75 Å². The molecule has 0 fully saturated rings. The van der Waals surface area contributed by atoms with Crippen LogP contribution in [0.2, 0.25) is 0 Å². The van der Waals surface area contributed by atoms with Crippen LogP contribution in [0.3, 0.4) is 0 Å². The Bertz CT molecular complexity index is 1180. The van der Waals surface area contributed by atoms with E-state index in [0.717, 1.165) is 0 Å². The highest BCUT2D eigenvalue weighted by Gasteiger charge is 2.23. The van der Waals surface area contributed by atoms with Crippen molar-refractivity contribution in [2.24, 2.45) is 0 Å². The largest absolute Gasteiger partial charge is 0.507 e. The van der Waals surface area contributed by atoms with Gasteiger partial charge in [-0.3, -0.25) is 4.79 Å². The Hall–Kier alpha value is -3.41. The van der Waals surface area contributed by atoms with E-state index in [-0.39, 0.29) is 39.2 Å². The minimum Gasteiger partial charge on any atom is -0.507 e. The van der Waals surface area contributed by atoms with Gasteiger partial charge in [0.15, 0.2) is 11.3 Å². The fourth-order valence-electron chi connectivity index (χ4n) is 2.78. The number of phenols is 2. The van der Waals surface area contributed by atoms with Gasteiger partial charge in [-0.05, 0) is 52.0 Å². The summed E-state index contributed by atoms with van der Waals surface area (Å²) in [6.07, 6.45) is 3.21. The van der Waals surface area contributed by atoms with Crippen molar-refractivity contribution >= 4 is 21.9 Å². The average Bonchev–Trinajstić information content (AvgIpc) is 2.64. The highest BCUT2D eigenvalue weighted by molar-refractivity contribution is 5.96. The number of fused-ring (bicyclic) bond motifs is 2. The van der Waals surface area contributed by atoms with Crippen LogP contribution >= 0.6 is 0 Å². The van der Waals surface area contributed by atoms with Crippen molar-refractivity contribution in [2.75, 3.05) is 0 Å². The van der Waals surface area contributed by atoms with Crippen molar-refractivity contribution in [3.8, 4) is 23.0 Å². The van der Waals surface area contributed by atoms with Crippen molar-refractivity contribution in [1.29, 1.82) is 0 Å². The third-order valence-corrected chi connectivity index (χ3v) is 4.57. The molecule has 2 aromatic carbocycles. The molecule has 0 bridgehead atoms. The van der Waals surface area contributed by atoms with Crippen molar-refractivity contribution in [3.63, 3.8) is 0 Å². The highest BCUT2D eigenvalue weighted by atomic mass is 16.5. The molecule has 1 aromatic heterocycles. The first-order valence-corrected chi connectivity index (χ1v) is 9.09. The van der Waals surface area contributed by atoms with Crippen molar-refractivity contribution in [1.82, 2.24) is 0 Å². The number of hydrogen-bond acceptors (Lipinski definition) is 6. The van der Waals surface area contributed by atoms with E-state index in [1.807, 2.05) is 0 Å². The zero-order chi connectivity index (χ0) is 21.6. The number of hydrogen-bond donors (Lipinski definition) is 2. The Morgan fingerprint density at radius 2 is 1.62 bits per heavy atom. The Morgan fingerprint density at radius 1 is 1.00 bits per heavy atom. The number of phenolic OH excluding ortho intramolecular Hbond substituents is 2. The van der Waals surface area contributed by atoms with E-state index >= 15 is 0 Å². The van der Waals surface area contributed by atoms with Gasteiger partial charge in [0, 0.05) is 12.1 Å². The van der Waals surface area contributed by atoms with Crippen LogP contribution in [0.25, 0.3) is 21.9 Å². The maximum absolute atomic E-state index is 12.9. The molecule has 152 valence electrons. The molecule has 0 saturated carbocycles. The van der Waals surface area contributed by atoms with Crippen molar-refractivity contribution in [2.45, 2.75) is 38.9 Å². The minimum atomic E-state index is -0.738. The van der Waals surface area contributed by atoms with Crippen LogP contribution in [0.1, 0.15) is 27.7 Å². The van der Waals surface area contributed by atoms with E-state index < -0.39 is 16.6 Å². The van der Waals surface area contributed by atoms with Crippen LogP contribution in [0.15, 0.2) is 58.8 Å². The molecule has 29 heavy (non-hydrogen) atoms. The van der Waals surface area contributed by atoms with E-state index in [1.54, 1.807) is 39.8 Å². The first-order chi connectivity index (χ1) is 13.5. The van der Waals surface area contributed by atoms with Gasteiger partial charge in [0.25, 0.3) is 0 Å². The van der Waals surface area contributed by atoms with Gasteiger partial charge in [0.2, 0.25) is 11.2 Å². The van der Waals surface area contributed by atoms with Gasteiger partial charge in [0.05, 0.1) is 5.39 Å². The van der Waals surface area contributed by atoms with Gasteiger partial charge in [-0.25, -0.2) is 0 Å². The molecule has 0 radical (unpaired) electrons. The summed E-state index contributed by atoms with van der Waals surface area (Å²) >= 11 is 0. The molecule has 0 unspecified atom stereocenters. The predicted molar refractivity (Wildman–Crippen MR) is 113 cm³/mol. The fraction of sp³-hybridized carbons (Fsp3) is 0.261. The molecule has 0 aliphatic heterocycles. The van der Waals surface area contributed by atoms with Gasteiger partial charge < -0.3 is 24.1 Å². The number of rotatable bonds is 6. The monoisotopic (exact) mass is 396 g/mol. The summed E-state index contributed by atoms with van der Waals surface area (Å²) in [6, 6.07) is 5.80. The van der Waals surface area contributed by atoms with Gasteiger partial charge in [-0.15, -0.1) is 0 Å². The Morgan fingerprint density at radius 3 is 2.24 bits per heavy atom. The first-order valence-electron chi connectivity index (χ1n) is 9.09. The lowest BCUT2D eigenvalue weighted by Gasteiger charge is -2.23. The third kappa shape index (κ3) is 3.78. The van der Waals surface area contributed by atoms with E-state index in [9.17, 15) is 15.0 Å². The summed E-state index contributed by atoms with van der Waals surface area (Å²) in [4.78, 5) is 12.9. The maximum Gasteiger partial charge on any atom is 0.204 e. The topological polar surface area (TPSA) is 89.1 Å². The highest BCUT2D eigenvalue weighted by Crippen LogP contribution is 2.39. The van der Waals surface area contributed by atoms with Gasteiger partial charge in [-0.2, -0.15) is 0 Å². The molecule has 0 aliphatic rings.